The van der Waals surface area contributed by atoms with Crippen LogP contribution in [0.5, 0.6) is 0 Å². The molecule has 1 heteroatoms. The zero-order valence-corrected chi connectivity index (χ0v) is 14.8. The summed E-state index contributed by atoms with van der Waals surface area (Å²) in [4.78, 5) is 2.10. The summed E-state index contributed by atoms with van der Waals surface area (Å²) < 4.78 is 0. The second kappa shape index (κ2) is 6.28. The van der Waals surface area contributed by atoms with E-state index in [-0.39, 0.29) is 0 Å². The van der Waals surface area contributed by atoms with Crippen molar-refractivity contribution in [2.75, 3.05) is 19.0 Å². The molecule has 0 fully saturated rings. The maximum absolute atomic E-state index is 3.39. The molecular weight excluding hydrogens is 266 g/mol. The summed E-state index contributed by atoms with van der Waals surface area (Å²) in [7, 11) is 4.09. The van der Waals surface area contributed by atoms with Gasteiger partial charge in [0.1, 0.15) is 0 Å². The number of anilines is 1. The first-order valence-corrected chi connectivity index (χ1v) is 7.69. The Morgan fingerprint density at radius 1 is 0.636 bits per heavy atom. The molecule has 0 amide bonds. The van der Waals surface area contributed by atoms with Gasteiger partial charge in [0.15, 0.2) is 0 Å². The number of rotatable bonds is 1. The molecule has 2 aromatic rings. The van der Waals surface area contributed by atoms with Crippen LogP contribution < -0.4 is 4.90 Å². The van der Waals surface area contributed by atoms with Gasteiger partial charge in [-0.2, -0.15) is 0 Å². The monoisotopic (exact) mass is 291 g/mol. The van der Waals surface area contributed by atoms with E-state index in [9.17, 15) is 0 Å². The van der Waals surface area contributed by atoms with Crippen LogP contribution >= 0.6 is 0 Å². The number of hydrogen-bond donors (Lipinski definition) is 0. The van der Waals surface area contributed by atoms with Gasteiger partial charge in [-0.15, -0.1) is 0 Å². The van der Waals surface area contributed by atoms with Crippen molar-refractivity contribution < 1.29 is 0 Å². The first-order chi connectivity index (χ1) is 10.3. The van der Waals surface area contributed by atoms with Gasteiger partial charge >= 0.3 is 0 Å². The molecule has 0 aliphatic heterocycles. The molecule has 0 radical (unpaired) electrons. The second-order valence-electron chi connectivity index (χ2n) is 6.19. The lowest BCUT2D eigenvalue weighted by Gasteiger charge is -2.15. The largest absolute Gasteiger partial charge is 0.378 e. The zero-order chi connectivity index (χ0) is 16.4. The minimum absolute atomic E-state index is 1.06. The number of benzene rings is 2. The Labute approximate surface area is 135 Å². The number of hydrogen-bond acceptors (Lipinski definition) is 1. The standard InChI is InChI=1S/C21H25N/c1-14-15(2)17(4)21(18(5)16(14)3)13-10-19-8-11-20(12-9-19)22(6)7/h8-9,11-12H,1-7H3. The van der Waals surface area contributed by atoms with E-state index in [1.54, 1.807) is 0 Å². The molecule has 0 aliphatic rings. The van der Waals surface area contributed by atoms with E-state index in [2.05, 4.69) is 75.6 Å². The van der Waals surface area contributed by atoms with Crippen molar-refractivity contribution in [2.45, 2.75) is 34.6 Å². The third-order valence-corrected chi connectivity index (χ3v) is 4.72. The van der Waals surface area contributed by atoms with Gasteiger partial charge < -0.3 is 4.90 Å². The Hall–Kier alpha value is -2.20. The van der Waals surface area contributed by atoms with Gasteiger partial charge in [0.25, 0.3) is 0 Å². The van der Waals surface area contributed by atoms with Crippen LogP contribution in [0.25, 0.3) is 0 Å². The van der Waals surface area contributed by atoms with Gasteiger partial charge in [0.05, 0.1) is 0 Å². The van der Waals surface area contributed by atoms with E-state index in [4.69, 9.17) is 0 Å². The van der Waals surface area contributed by atoms with E-state index in [0.29, 0.717) is 0 Å². The fourth-order valence-electron chi connectivity index (χ4n) is 2.67. The summed E-state index contributed by atoms with van der Waals surface area (Å²) in [5.41, 5.74) is 10.1. The second-order valence-corrected chi connectivity index (χ2v) is 6.19. The molecule has 114 valence electrons. The average Bonchev–Trinajstić information content (AvgIpc) is 2.51. The van der Waals surface area contributed by atoms with Crippen LogP contribution in [0, 0.1) is 46.5 Å². The van der Waals surface area contributed by atoms with Crippen LogP contribution in [-0.2, 0) is 0 Å². The van der Waals surface area contributed by atoms with Crippen molar-refractivity contribution in [1.29, 1.82) is 0 Å². The first-order valence-electron chi connectivity index (χ1n) is 7.69. The zero-order valence-electron chi connectivity index (χ0n) is 14.8. The van der Waals surface area contributed by atoms with Gasteiger partial charge in [-0.1, -0.05) is 11.8 Å². The molecule has 0 N–H and O–H groups in total. The molecule has 0 aromatic heterocycles. The minimum atomic E-state index is 1.06. The van der Waals surface area contributed by atoms with Crippen LogP contribution in [0.2, 0.25) is 0 Å². The lowest BCUT2D eigenvalue weighted by atomic mass is 9.90. The predicted octanol–water partition coefficient (Wildman–Crippen LogP) is 4.69. The molecule has 1 nitrogen and oxygen atoms in total. The third kappa shape index (κ3) is 3.02. The van der Waals surface area contributed by atoms with Crippen LogP contribution in [0.1, 0.15) is 38.9 Å². The lowest BCUT2D eigenvalue weighted by molar-refractivity contribution is 1.13. The highest BCUT2D eigenvalue weighted by Crippen LogP contribution is 2.25. The molecular formula is C21H25N. The topological polar surface area (TPSA) is 3.24 Å². The molecule has 0 heterocycles. The Bertz CT molecular complexity index is 724. The van der Waals surface area contributed by atoms with Crippen molar-refractivity contribution in [2.24, 2.45) is 0 Å². The minimum Gasteiger partial charge on any atom is -0.378 e. The Morgan fingerprint density at radius 3 is 1.55 bits per heavy atom. The summed E-state index contributed by atoms with van der Waals surface area (Å²) in [5, 5.41) is 0. The Balaban J connectivity index is 2.44. The van der Waals surface area contributed by atoms with Crippen LogP contribution in [0.15, 0.2) is 24.3 Å². The van der Waals surface area contributed by atoms with E-state index in [1.807, 2.05) is 14.1 Å². The van der Waals surface area contributed by atoms with Crippen LogP contribution in [0.4, 0.5) is 5.69 Å². The summed E-state index contributed by atoms with van der Waals surface area (Å²) in [6, 6.07) is 8.38. The van der Waals surface area contributed by atoms with E-state index < -0.39 is 0 Å². The maximum atomic E-state index is 3.39. The third-order valence-electron chi connectivity index (χ3n) is 4.72. The molecule has 0 spiro atoms. The quantitative estimate of drug-likeness (QED) is 0.689. The van der Waals surface area contributed by atoms with Crippen molar-refractivity contribution >= 4 is 5.69 Å². The van der Waals surface area contributed by atoms with Gasteiger partial charge in [-0.05, 0) is 86.7 Å². The van der Waals surface area contributed by atoms with Crippen LogP contribution in [0.3, 0.4) is 0 Å². The molecule has 2 aromatic carbocycles. The highest BCUT2D eigenvalue weighted by Gasteiger charge is 2.10. The van der Waals surface area contributed by atoms with Crippen molar-refractivity contribution in [1.82, 2.24) is 0 Å². The molecule has 0 atom stereocenters. The molecule has 2 rings (SSSR count). The van der Waals surface area contributed by atoms with E-state index in [1.165, 1.54) is 39.1 Å². The smallest absolute Gasteiger partial charge is 0.0361 e. The predicted molar refractivity (Wildman–Crippen MR) is 96.9 cm³/mol. The maximum Gasteiger partial charge on any atom is 0.0361 e. The summed E-state index contributed by atoms with van der Waals surface area (Å²) in [5.74, 6) is 6.71. The van der Waals surface area contributed by atoms with Crippen molar-refractivity contribution in [3.63, 3.8) is 0 Å². The number of nitrogens with zero attached hydrogens (tertiary/aromatic N) is 1. The van der Waals surface area contributed by atoms with Crippen LogP contribution in [-0.4, -0.2) is 14.1 Å². The van der Waals surface area contributed by atoms with Gasteiger partial charge in [-0.3, -0.25) is 0 Å². The molecule has 22 heavy (non-hydrogen) atoms. The Kier molecular flexibility index (Phi) is 4.62. The SMILES string of the molecule is Cc1c(C)c(C)c(C#Cc2ccc(N(C)C)cc2)c(C)c1C. The highest BCUT2D eigenvalue weighted by atomic mass is 15.1. The first kappa shape index (κ1) is 16.2. The van der Waals surface area contributed by atoms with Crippen molar-refractivity contribution in [3.05, 3.63) is 63.2 Å². The molecule has 0 saturated carbocycles. The summed E-state index contributed by atoms with van der Waals surface area (Å²) >= 11 is 0. The van der Waals surface area contributed by atoms with Gasteiger partial charge in [0.2, 0.25) is 0 Å². The Morgan fingerprint density at radius 2 is 1.09 bits per heavy atom. The molecule has 0 unspecified atom stereocenters. The van der Waals surface area contributed by atoms with E-state index in [0.717, 1.165) is 5.56 Å². The molecule has 0 aliphatic carbocycles. The van der Waals surface area contributed by atoms with Crippen molar-refractivity contribution in [3.8, 4) is 11.8 Å². The fraction of sp³-hybridized carbons (Fsp3) is 0.333. The molecule has 0 saturated heterocycles. The lowest BCUT2D eigenvalue weighted by Crippen LogP contribution is -2.07. The van der Waals surface area contributed by atoms with E-state index >= 15 is 0 Å². The fourth-order valence-corrected chi connectivity index (χ4v) is 2.67. The summed E-state index contributed by atoms with van der Waals surface area (Å²) in [6.07, 6.45) is 0. The molecule has 0 bridgehead atoms. The normalized spacial score (nSPS) is 10.1. The highest BCUT2D eigenvalue weighted by molar-refractivity contribution is 5.58. The summed E-state index contributed by atoms with van der Waals surface area (Å²) in [6.45, 7) is 10.9. The van der Waals surface area contributed by atoms with Gasteiger partial charge in [-0.25, -0.2) is 0 Å². The average molecular weight is 291 g/mol. The van der Waals surface area contributed by atoms with Gasteiger partial charge in [0, 0.05) is 30.9 Å².